The van der Waals surface area contributed by atoms with Gasteiger partial charge in [-0.3, -0.25) is 9.59 Å². The predicted octanol–water partition coefficient (Wildman–Crippen LogP) is 4.34. The molecule has 0 radical (unpaired) electrons. The minimum Gasteiger partial charge on any atom is -0.507 e. The second-order valence-electron chi connectivity index (χ2n) is 8.71. The summed E-state index contributed by atoms with van der Waals surface area (Å²) in [4.78, 5) is 37.2. The molecule has 0 aliphatic heterocycles. The van der Waals surface area contributed by atoms with Crippen LogP contribution in [0.4, 0.5) is 0 Å². The second kappa shape index (κ2) is 9.88. The van der Waals surface area contributed by atoms with Gasteiger partial charge in [0.1, 0.15) is 5.76 Å². The monoisotopic (exact) mass is 426 g/mol. The fourth-order valence-electron chi connectivity index (χ4n) is 3.25. The van der Waals surface area contributed by atoms with Gasteiger partial charge in [0.25, 0.3) is 0 Å². The largest absolute Gasteiger partial charge is 0.507 e. The van der Waals surface area contributed by atoms with Crippen LogP contribution in [0.3, 0.4) is 0 Å². The van der Waals surface area contributed by atoms with Gasteiger partial charge < -0.3 is 14.9 Å². The number of esters is 1. The molecule has 0 amide bonds. The smallest absolute Gasteiger partial charge is 0.333 e. The predicted molar refractivity (Wildman–Crippen MR) is 118 cm³/mol. The van der Waals surface area contributed by atoms with Gasteiger partial charge in [0.05, 0.1) is 12.7 Å². The van der Waals surface area contributed by atoms with Crippen LogP contribution in [-0.4, -0.2) is 40.5 Å². The van der Waals surface area contributed by atoms with Crippen molar-refractivity contribution >= 4 is 23.3 Å². The molecule has 0 saturated carbocycles. The molecule has 1 aliphatic rings. The molecule has 1 aromatic rings. The summed E-state index contributed by atoms with van der Waals surface area (Å²) in [5, 5.41) is 20.0. The van der Waals surface area contributed by atoms with Crippen LogP contribution in [-0.2, 0) is 14.3 Å². The van der Waals surface area contributed by atoms with Crippen molar-refractivity contribution in [2.24, 2.45) is 5.41 Å². The molecule has 6 nitrogen and oxygen atoms in total. The fraction of sp³-hybridized carbons (Fsp3) is 0.400. The van der Waals surface area contributed by atoms with Crippen molar-refractivity contribution in [3.05, 3.63) is 64.8 Å². The summed E-state index contributed by atoms with van der Waals surface area (Å²) < 4.78 is 5.40. The molecule has 31 heavy (non-hydrogen) atoms. The maximum Gasteiger partial charge on any atom is 0.333 e. The van der Waals surface area contributed by atoms with Crippen LogP contribution in [0.25, 0.3) is 5.76 Å². The number of rotatable bonds is 9. The van der Waals surface area contributed by atoms with Gasteiger partial charge in [-0.05, 0) is 38.7 Å². The summed E-state index contributed by atoms with van der Waals surface area (Å²) in [6.07, 6.45) is 2.36. The molecule has 6 heteroatoms. The van der Waals surface area contributed by atoms with Crippen molar-refractivity contribution < 1.29 is 29.3 Å². The van der Waals surface area contributed by atoms with Crippen LogP contribution in [0.1, 0.15) is 62.9 Å². The first-order chi connectivity index (χ1) is 14.4. The highest BCUT2D eigenvalue weighted by Gasteiger charge is 2.36. The molecule has 0 aromatic heterocycles. The van der Waals surface area contributed by atoms with Crippen LogP contribution in [0.5, 0.6) is 0 Å². The molecular weight excluding hydrogens is 396 g/mol. The zero-order chi connectivity index (χ0) is 23.3. The number of carbonyl (C=O) groups excluding carboxylic acids is 3. The van der Waals surface area contributed by atoms with Crippen molar-refractivity contribution in [2.75, 3.05) is 6.61 Å². The number of ether oxygens (including phenoxy) is 1. The first-order valence-electron chi connectivity index (χ1n) is 10.2. The molecule has 0 fully saturated rings. The normalized spacial score (nSPS) is 15.6. The average molecular weight is 427 g/mol. The van der Waals surface area contributed by atoms with Gasteiger partial charge in [-0.25, -0.2) is 4.79 Å². The Hall–Kier alpha value is -2.99. The van der Waals surface area contributed by atoms with Crippen molar-refractivity contribution in [2.45, 2.75) is 53.1 Å². The number of aliphatic hydroxyl groups is 2. The highest BCUT2D eigenvalue weighted by molar-refractivity contribution is 6.52. The molecule has 0 unspecified atom stereocenters. The minimum atomic E-state index is -0.731. The maximum atomic E-state index is 12.5. The quantitative estimate of drug-likeness (QED) is 0.264. The van der Waals surface area contributed by atoms with E-state index >= 15 is 0 Å². The third-order valence-electron chi connectivity index (χ3n) is 5.27. The highest BCUT2D eigenvalue weighted by atomic mass is 16.5. The lowest BCUT2D eigenvalue weighted by atomic mass is 9.79. The summed E-state index contributed by atoms with van der Waals surface area (Å²) in [5.74, 6) is -2.06. The Morgan fingerprint density at radius 2 is 1.81 bits per heavy atom. The van der Waals surface area contributed by atoms with E-state index in [-0.39, 0.29) is 29.9 Å². The molecule has 1 aliphatic carbocycles. The van der Waals surface area contributed by atoms with E-state index in [1.807, 2.05) is 0 Å². The van der Waals surface area contributed by atoms with Gasteiger partial charge in [0.15, 0.2) is 0 Å². The summed E-state index contributed by atoms with van der Waals surface area (Å²) in [7, 11) is 0. The van der Waals surface area contributed by atoms with Crippen molar-refractivity contribution in [3.8, 4) is 0 Å². The van der Waals surface area contributed by atoms with E-state index in [0.29, 0.717) is 29.6 Å². The number of carbonyl (C=O) groups is 3. The number of hydrogen-bond donors (Lipinski definition) is 2. The van der Waals surface area contributed by atoms with Crippen molar-refractivity contribution in [3.63, 3.8) is 0 Å². The van der Waals surface area contributed by atoms with Crippen LogP contribution in [0.2, 0.25) is 0 Å². The third-order valence-corrected chi connectivity index (χ3v) is 5.27. The lowest BCUT2D eigenvalue weighted by Crippen LogP contribution is -2.30. The molecule has 0 bridgehead atoms. The average Bonchev–Trinajstić information content (AvgIpc) is 2.73. The summed E-state index contributed by atoms with van der Waals surface area (Å²) in [5.41, 5.74) is 1.02. The van der Waals surface area contributed by atoms with E-state index in [2.05, 4.69) is 6.58 Å². The van der Waals surface area contributed by atoms with E-state index in [9.17, 15) is 24.6 Å². The Bertz CT molecular complexity index is 962. The Kier molecular flexibility index (Phi) is 7.74. The zero-order valence-corrected chi connectivity index (χ0v) is 18.5. The van der Waals surface area contributed by atoms with Gasteiger partial charge in [0.2, 0.25) is 11.6 Å². The van der Waals surface area contributed by atoms with Gasteiger partial charge in [0, 0.05) is 27.7 Å². The Morgan fingerprint density at radius 3 is 2.42 bits per heavy atom. The van der Waals surface area contributed by atoms with E-state index < -0.39 is 29.1 Å². The molecule has 0 heterocycles. The summed E-state index contributed by atoms with van der Waals surface area (Å²) in [6.45, 7) is 10.7. The number of ketones is 2. The fourth-order valence-corrected chi connectivity index (χ4v) is 3.25. The van der Waals surface area contributed by atoms with Crippen LogP contribution in [0.15, 0.2) is 53.6 Å². The number of allylic oxidation sites excluding steroid dienone is 2. The molecule has 2 N–H and O–H groups in total. The first kappa shape index (κ1) is 24.3. The SMILES string of the molecule is C=C(CC/C=C(\C)C(=O)OCC(C)(C)CC1=C(O)c2ccccc2C(=O)C1=O)[C@H](C)O. The third kappa shape index (κ3) is 6.01. The number of Topliss-reactive ketones (excluding diaryl/α,β-unsaturated/α-hetero) is 2. The number of aliphatic hydroxyl groups excluding tert-OH is 2. The van der Waals surface area contributed by atoms with E-state index in [1.54, 1.807) is 52.0 Å². The Balaban J connectivity index is 2.03. The molecule has 166 valence electrons. The summed E-state index contributed by atoms with van der Waals surface area (Å²) in [6, 6.07) is 6.44. The van der Waals surface area contributed by atoms with Gasteiger partial charge in [-0.1, -0.05) is 50.8 Å². The summed E-state index contributed by atoms with van der Waals surface area (Å²) >= 11 is 0. The molecule has 0 saturated heterocycles. The van der Waals surface area contributed by atoms with Crippen LogP contribution < -0.4 is 0 Å². The van der Waals surface area contributed by atoms with Crippen LogP contribution >= 0.6 is 0 Å². The molecule has 0 spiro atoms. The van der Waals surface area contributed by atoms with Gasteiger partial charge >= 0.3 is 5.97 Å². The van der Waals surface area contributed by atoms with Crippen molar-refractivity contribution in [1.82, 2.24) is 0 Å². The first-order valence-corrected chi connectivity index (χ1v) is 10.2. The van der Waals surface area contributed by atoms with Gasteiger partial charge in [-0.2, -0.15) is 0 Å². The minimum absolute atomic E-state index is 0.0112. The maximum absolute atomic E-state index is 12.5. The molecular formula is C25H30O6. The number of hydrogen-bond acceptors (Lipinski definition) is 6. The second-order valence-corrected chi connectivity index (χ2v) is 8.71. The van der Waals surface area contributed by atoms with E-state index in [4.69, 9.17) is 4.74 Å². The molecule has 1 aromatic carbocycles. The Morgan fingerprint density at radius 1 is 1.19 bits per heavy atom. The Labute approximate surface area is 182 Å². The lowest BCUT2D eigenvalue weighted by molar-refractivity contribution is -0.141. The van der Waals surface area contributed by atoms with Crippen LogP contribution in [0, 0.1) is 5.41 Å². The standard InChI is InChI=1S/C25H30O6/c1-15(17(3)26)9-8-10-16(2)24(30)31-14-25(4,5)13-20-21(27)18-11-6-7-12-19(18)22(28)23(20)29/h6-7,10-12,17,26-27H,1,8-9,13-14H2,2-5H3/b16-10+/t17-/m0/s1. The highest BCUT2D eigenvalue weighted by Crippen LogP contribution is 2.35. The molecule has 2 rings (SSSR count). The van der Waals surface area contributed by atoms with E-state index in [1.165, 1.54) is 6.07 Å². The molecule has 1 atom stereocenters. The number of benzene rings is 1. The van der Waals surface area contributed by atoms with E-state index in [0.717, 1.165) is 0 Å². The zero-order valence-electron chi connectivity index (χ0n) is 18.5. The lowest BCUT2D eigenvalue weighted by Gasteiger charge is -2.27. The van der Waals surface area contributed by atoms with Gasteiger partial charge in [-0.15, -0.1) is 0 Å². The number of fused-ring (bicyclic) bond motifs is 1. The topological polar surface area (TPSA) is 101 Å². The van der Waals surface area contributed by atoms with Crippen molar-refractivity contribution in [1.29, 1.82) is 0 Å².